The first kappa shape index (κ1) is 19.8. The monoisotopic (exact) mass is 369 g/mol. The van der Waals surface area contributed by atoms with Crippen LogP contribution in [-0.2, 0) is 19.1 Å². The largest absolute Gasteiger partial charge is 0.466 e. The number of nitrogens with zero attached hydrogens (tertiary/aromatic N) is 1. The second-order valence-electron chi connectivity index (χ2n) is 6.03. The molecule has 1 aromatic rings. The summed E-state index contributed by atoms with van der Waals surface area (Å²) in [5.41, 5.74) is -0.176. The lowest BCUT2D eigenvalue weighted by atomic mass is 9.97. The molecule has 1 unspecified atom stereocenters. The van der Waals surface area contributed by atoms with E-state index in [4.69, 9.17) is 9.47 Å². The van der Waals surface area contributed by atoms with Gasteiger partial charge in [-0.15, -0.1) is 0 Å². The van der Waals surface area contributed by atoms with Crippen LogP contribution in [0.2, 0.25) is 0 Å². The Balaban J connectivity index is 1.88. The first-order valence-corrected chi connectivity index (χ1v) is 8.45. The molecule has 26 heavy (non-hydrogen) atoms. The molecule has 1 fully saturated rings. The molecule has 8 heteroatoms. The van der Waals surface area contributed by atoms with Crippen molar-refractivity contribution >= 4 is 17.8 Å². The molecule has 1 atom stereocenters. The van der Waals surface area contributed by atoms with E-state index in [-0.39, 0.29) is 17.5 Å². The predicted octanol–water partition coefficient (Wildman–Crippen LogP) is 2.31. The number of benzene rings is 1. The van der Waals surface area contributed by atoms with Crippen LogP contribution in [0.25, 0.3) is 0 Å². The maximum Gasteiger partial charge on any atom is 0.339 e. The Kier molecular flexibility index (Phi) is 6.65. The van der Waals surface area contributed by atoms with E-state index >= 15 is 0 Å². The molecular formula is C18H21F2NO5. The lowest BCUT2D eigenvalue weighted by Gasteiger charge is -2.32. The first-order chi connectivity index (χ1) is 12.3. The number of hydrogen-bond acceptors (Lipinski definition) is 5. The van der Waals surface area contributed by atoms with Gasteiger partial charge >= 0.3 is 11.9 Å². The molecule has 0 radical (unpaired) electrons. The van der Waals surface area contributed by atoms with Crippen molar-refractivity contribution in [3.8, 4) is 0 Å². The molecule has 0 aromatic heterocycles. The highest BCUT2D eigenvalue weighted by atomic mass is 19.2. The molecule has 1 aromatic carbocycles. The molecule has 0 spiro atoms. The van der Waals surface area contributed by atoms with E-state index in [0.717, 1.165) is 18.2 Å². The van der Waals surface area contributed by atoms with Gasteiger partial charge in [0.2, 0.25) is 0 Å². The average molecular weight is 369 g/mol. The third-order valence-electron chi connectivity index (χ3n) is 4.21. The normalized spacial score (nSPS) is 16.1. The Hall–Kier alpha value is -2.51. The first-order valence-electron chi connectivity index (χ1n) is 8.45. The molecule has 0 N–H and O–H groups in total. The van der Waals surface area contributed by atoms with E-state index in [2.05, 4.69) is 0 Å². The highest BCUT2D eigenvalue weighted by Gasteiger charge is 2.31. The van der Waals surface area contributed by atoms with Gasteiger partial charge in [0, 0.05) is 13.1 Å². The molecule has 142 valence electrons. The summed E-state index contributed by atoms with van der Waals surface area (Å²) < 4.78 is 36.1. The quantitative estimate of drug-likeness (QED) is 0.745. The summed E-state index contributed by atoms with van der Waals surface area (Å²) >= 11 is 0. The topological polar surface area (TPSA) is 72.9 Å². The molecule has 2 rings (SSSR count). The van der Waals surface area contributed by atoms with Gasteiger partial charge in [0.25, 0.3) is 5.91 Å². The number of carbonyl (C=O) groups excluding carboxylic acids is 3. The van der Waals surface area contributed by atoms with E-state index in [1.165, 1.54) is 11.8 Å². The number of amides is 1. The van der Waals surface area contributed by atoms with Crippen LogP contribution < -0.4 is 0 Å². The van der Waals surface area contributed by atoms with Crippen molar-refractivity contribution in [2.75, 3.05) is 19.7 Å². The maximum absolute atomic E-state index is 13.2. The van der Waals surface area contributed by atoms with Crippen LogP contribution in [0.5, 0.6) is 0 Å². The maximum atomic E-state index is 13.2. The number of rotatable bonds is 5. The summed E-state index contributed by atoms with van der Waals surface area (Å²) in [4.78, 5) is 37.6. The van der Waals surface area contributed by atoms with Crippen molar-refractivity contribution in [2.24, 2.45) is 5.92 Å². The minimum absolute atomic E-state index is 0.176. The molecule has 0 bridgehead atoms. The Labute approximate surface area is 150 Å². The lowest BCUT2D eigenvalue weighted by molar-refractivity contribution is -0.152. The van der Waals surface area contributed by atoms with Crippen LogP contribution in [0, 0.1) is 17.6 Å². The number of hydrogen-bond donors (Lipinski definition) is 0. The number of esters is 2. The van der Waals surface area contributed by atoms with Crippen molar-refractivity contribution in [2.45, 2.75) is 32.8 Å². The Morgan fingerprint density at radius 1 is 1.19 bits per heavy atom. The smallest absolute Gasteiger partial charge is 0.339 e. The predicted molar refractivity (Wildman–Crippen MR) is 87.2 cm³/mol. The molecule has 6 nitrogen and oxygen atoms in total. The van der Waals surface area contributed by atoms with Gasteiger partial charge in [0.1, 0.15) is 0 Å². The van der Waals surface area contributed by atoms with Crippen molar-refractivity contribution in [1.29, 1.82) is 0 Å². The van der Waals surface area contributed by atoms with E-state index in [9.17, 15) is 23.2 Å². The zero-order valence-corrected chi connectivity index (χ0v) is 14.7. The van der Waals surface area contributed by atoms with E-state index in [1.807, 2.05) is 0 Å². The van der Waals surface area contributed by atoms with Gasteiger partial charge in [0.05, 0.1) is 18.1 Å². The van der Waals surface area contributed by atoms with Gasteiger partial charge < -0.3 is 14.4 Å². The number of likely N-dealkylation sites (tertiary alicyclic amines) is 1. The Bertz CT molecular complexity index is 686. The van der Waals surface area contributed by atoms with Crippen LogP contribution in [0.3, 0.4) is 0 Å². The number of piperidine rings is 1. The number of halogens is 2. The van der Waals surface area contributed by atoms with Gasteiger partial charge in [-0.2, -0.15) is 0 Å². The summed E-state index contributed by atoms with van der Waals surface area (Å²) in [7, 11) is 0. The summed E-state index contributed by atoms with van der Waals surface area (Å²) in [5.74, 6) is -4.06. The molecule has 1 amide bonds. The Morgan fingerprint density at radius 2 is 1.85 bits per heavy atom. The summed E-state index contributed by atoms with van der Waals surface area (Å²) in [6.07, 6.45) is -0.113. The second-order valence-corrected chi connectivity index (χ2v) is 6.03. The van der Waals surface area contributed by atoms with Crippen molar-refractivity contribution in [3.63, 3.8) is 0 Å². The van der Waals surface area contributed by atoms with Gasteiger partial charge in [0.15, 0.2) is 17.7 Å². The highest BCUT2D eigenvalue weighted by Crippen LogP contribution is 2.20. The fourth-order valence-corrected chi connectivity index (χ4v) is 2.75. The van der Waals surface area contributed by atoms with Crippen LogP contribution >= 0.6 is 0 Å². The molecule has 0 saturated carbocycles. The molecule has 0 aliphatic carbocycles. The van der Waals surface area contributed by atoms with Crippen molar-refractivity contribution in [1.82, 2.24) is 4.90 Å². The molecule has 1 aliphatic rings. The minimum atomic E-state index is -1.17. The summed E-state index contributed by atoms with van der Waals surface area (Å²) in [6.45, 7) is 4.18. The van der Waals surface area contributed by atoms with Gasteiger partial charge in [-0.05, 0) is 44.9 Å². The van der Waals surface area contributed by atoms with Gasteiger partial charge in [-0.25, -0.2) is 13.6 Å². The average Bonchev–Trinajstić information content (AvgIpc) is 2.63. The van der Waals surface area contributed by atoms with Crippen LogP contribution in [-0.4, -0.2) is 48.5 Å². The SMILES string of the molecule is CCOC(=O)C1CCN(C(=O)C(C)OC(=O)c2ccc(F)c(F)c2)CC1. The molecular weight excluding hydrogens is 348 g/mol. The lowest BCUT2D eigenvalue weighted by Crippen LogP contribution is -2.45. The van der Waals surface area contributed by atoms with E-state index < -0.39 is 29.6 Å². The minimum Gasteiger partial charge on any atom is -0.466 e. The summed E-state index contributed by atoms with van der Waals surface area (Å²) in [5, 5.41) is 0. The highest BCUT2D eigenvalue weighted by molar-refractivity contribution is 5.92. The van der Waals surface area contributed by atoms with Crippen LogP contribution in [0.15, 0.2) is 18.2 Å². The van der Waals surface area contributed by atoms with Gasteiger partial charge in [-0.1, -0.05) is 0 Å². The van der Waals surface area contributed by atoms with Crippen molar-refractivity contribution in [3.05, 3.63) is 35.4 Å². The fraction of sp³-hybridized carbons (Fsp3) is 0.500. The third kappa shape index (κ3) is 4.77. The third-order valence-corrected chi connectivity index (χ3v) is 4.21. The fourth-order valence-electron chi connectivity index (χ4n) is 2.75. The van der Waals surface area contributed by atoms with Crippen LogP contribution in [0.1, 0.15) is 37.0 Å². The Morgan fingerprint density at radius 3 is 2.42 bits per heavy atom. The van der Waals surface area contributed by atoms with E-state index in [1.54, 1.807) is 6.92 Å². The van der Waals surface area contributed by atoms with Crippen LogP contribution in [0.4, 0.5) is 8.78 Å². The van der Waals surface area contributed by atoms with Gasteiger partial charge in [-0.3, -0.25) is 9.59 Å². The second kappa shape index (κ2) is 8.73. The summed E-state index contributed by atoms with van der Waals surface area (Å²) in [6, 6.07) is 2.63. The number of ether oxygens (including phenoxy) is 2. The molecule has 1 aliphatic heterocycles. The van der Waals surface area contributed by atoms with E-state index in [0.29, 0.717) is 32.5 Å². The van der Waals surface area contributed by atoms with Crippen molar-refractivity contribution < 1.29 is 32.6 Å². The standard InChI is InChI=1S/C18H21F2NO5/c1-3-25-17(23)12-6-8-21(9-7-12)16(22)11(2)26-18(24)13-4-5-14(19)15(20)10-13/h4-5,10-12H,3,6-9H2,1-2H3. The zero-order chi connectivity index (χ0) is 19.3. The zero-order valence-electron chi connectivity index (χ0n) is 14.7. The molecule has 1 heterocycles. The number of carbonyl (C=O) groups is 3. The molecule has 1 saturated heterocycles.